The van der Waals surface area contributed by atoms with E-state index in [0.29, 0.717) is 5.70 Å². The Bertz CT molecular complexity index is 408. The van der Waals surface area contributed by atoms with E-state index >= 15 is 0 Å². The van der Waals surface area contributed by atoms with Crippen molar-refractivity contribution >= 4 is 12.2 Å². The molecule has 0 aromatic heterocycles. The van der Waals surface area contributed by atoms with Gasteiger partial charge in [-0.3, -0.25) is 0 Å². The van der Waals surface area contributed by atoms with Crippen LogP contribution in [0.4, 0.5) is 9.59 Å². The second-order valence-corrected chi connectivity index (χ2v) is 6.51. The Labute approximate surface area is 127 Å². The highest BCUT2D eigenvalue weighted by atomic mass is 16.6. The summed E-state index contributed by atoms with van der Waals surface area (Å²) in [5, 5.41) is 0. The van der Waals surface area contributed by atoms with Crippen molar-refractivity contribution in [3.8, 4) is 0 Å². The molecule has 2 amide bonds. The Morgan fingerprint density at radius 1 is 0.857 bits per heavy atom. The van der Waals surface area contributed by atoms with Crippen LogP contribution >= 0.6 is 0 Å². The molecule has 0 spiro atoms. The molecule has 0 radical (unpaired) electrons. The molecular weight excluding hydrogens is 270 g/mol. The molecule has 0 saturated heterocycles. The summed E-state index contributed by atoms with van der Waals surface area (Å²) in [5.74, 6) is 0. The topological polar surface area (TPSA) is 55.8 Å². The van der Waals surface area contributed by atoms with Crippen LogP contribution in [0.2, 0.25) is 0 Å². The number of amides is 2. The average molecular weight is 297 g/mol. The predicted octanol–water partition coefficient (Wildman–Crippen LogP) is 4.64. The van der Waals surface area contributed by atoms with Gasteiger partial charge in [-0.25, -0.2) is 9.59 Å². The zero-order valence-corrected chi connectivity index (χ0v) is 14.3. The Hall–Kier alpha value is -1.78. The number of allylic oxidation sites excluding steroid dienone is 3. The molecule has 5 nitrogen and oxygen atoms in total. The fourth-order valence-corrected chi connectivity index (χ4v) is 1.37. The smallest absolute Gasteiger partial charge is 0.424 e. The van der Waals surface area contributed by atoms with Gasteiger partial charge >= 0.3 is 12.2 Å². The Kier molecular flexibility index (Phi) is 6.67. The first-order valence-corrected chi connectivity index (χ1v) is 6.96. The summed E-state index contributed by atoms with van der Waals surface area (Å²) in [5.41, 5.74) is -1.00. The van der Waals surface area contributed by atoms with Crippen LogP contribution in [0.3, 0.4) is 0 Å². The van der Waals surface area contributed by atoms with Crippen molar-refractivity contribution in [3.05, 3.63) is 23.9 Å². The summed E-state index contributed by atoms with van der Waals surface area (Å²) in [7, 11) is 0. The fourth-order valence-electron chi connectivity index (χ4n) is 1.37. The molecule has 0 aromatic carbocycles. The molecular formula is C16H27NO4. The molecule has 0 atom stereocenters. The van der Waals surface area contributed by atoms with Crippen molar-refractivity contribution in [1.82, 2.24) is 4.90 Å². The van der Waals surface area contributed by atoms with E-state index in [-0.39, 0.29) is 0 Å². The van der Waals surface area contributed by atoms with Gasteiger partial charge in [0.2, 0.25) is 0 Å². The van der Waals surface area contributed by atoms with E-state index in [1.54, 1.807) is 73.6 Å². The summed E-state index contributed by atoms with van der Waals surface area (Å²) < 4.78 is 10.6. The normalized spacial score (nSPS) is 13.2. The van der Waals surface area contributed by atoms with Crippen LogP contribution in [-0.4, -0.2) is 28.3 Å². The van der Waals surface area contributed by atoms with Gasteiger partial charge in [0.05, 0.1) is 5.70 Å². The molecule has 0 saturated carbocycles. The van der Waals surface area contributed by atoms with E-state index in [0.717, 1.165) is 4.90 Å². The molecule has 0 aliphatic rings. The lowest BCUT2D eigenvalue weighted by Crippen LogP contribution is -2.42. The molecule has 0 heterocycles. The van der Waals surface area contributed by atoms with Crippen molar-refractivity contribution in [2.75, 3.05) is 0 Å². The molecule has 5 heteroatoms. The largest absolute Gasteiger partial charge is 0.443 e. The van der Waals surface area contributed by atoms with Crippen molar-refractivity contribution in [2.24, 2.45) is 0 Å². The van der Waals surface area contributed by atoms with E-state index < -0.39 is 23.4 Å². The SMILES string of the molecule is C/C=C\C(=C/C)N(C(=O)OC(C)(C)C)C(=O)OC(C)(C)C. The fraction of sp³-hybridized carbons (Fsp3) is 0.625. The Morgan fingerprint density at radius 2 is 1.24 bits per heavy atom. The van der Waals surface area contributed by atoms with Crippen molar-refractivity contribution in [1.29, 1.82) is 0 Å². The zero-order chi connectivity index (χ0) is 16.8. The third kappa shape index (κ3) is 7.54. The number of carbonyl (C=O) groups is 2. The molecule has 0 aliphatic carbocycles. The van der Waals surface area contributed by atoms with Crippen LogP contribution in [0.5, 0.6) is 0 Å². The highest BCUT2D eigenvalue weighted by Crippen LogP contribution is 2.19. The number of rotatable bonds is 2. The maximum atomic E-state index is 12.3. The standard InChI is InChI=1S/C16H27NO4/c1-9-11-12(10-2)17(13(18)20-15(3,4)5)14(19)21-16(6,7)8/h9-11H,1-8H3/b11-9-,12-10+. The third-order valence-corrected chi connectivity index (χ3v) is 2.04. The van der Waals surface area contributed by atoms with Crippen molar-refractivity contribution in [3.63, 3.8) is 0 Å². The van der Waals surface area contributed by atoms with Crippen molar-refractivity contribution < 1.29 is 19.1 Å². The molecule has 0 rings (SSSR count). The summed E-state index contributed by atoms with van der Waals surface area (Å²) in [6, 6.07) is 0. The van der Waals surface area contributed by atoms with Gasteiger partial charge in [0.1, 0.15) is 11.2 Å². The maximum Gasteiger partial charge on any atom is 0.424 e. The third-order valence-electron chi connectivity index (χ3n) is 2.04. The van der Waals surface area contributed by atoms with Gasteiger partial charge in [-0.05, 0) is 61.5 Å². The Morgan fingerprint density at radius 3 is 1.48 bits per heavy atom. The average Bonchev–Trinajstić information content (AvgIpc) is 2.23. The molecule has 21 heavy (non-hydrogen) atoms. The lowest BCUT2D eigenvalue weighted by atomic mass is 10.2. The van der Waals surface area contributed by atoms with Gasteiger partial charge in [0.25, 0.3) is 0 Å². The second kappa shape index (κ2) is 7.29. The Balaban J connectivity index is 5.48. The molecule has 0 bridgehead atoms. The molecule has 120 valence electrons. The zero-order valence-electron chi connectivity index (χ0n) is 14.3. The lowest BCUT2D eigenvalue weighted by molar-refractivity contribution is 0.00899. The van der Waals surface area contributed by atoms with E-state index in [4.69, 9.17) is 9.47 Å². The predicted molar refractivity (Wildman–Crippen MR) is 82.9 cm³/mol. The van der Waals surface area contributed by atoms with Gasteiger partial charge in [-0.15, -0.1) is 0 Å². The summed E-state index contributed by atoms with van der Waals surface area (Å²) in [6.07, 6.45) is 3.50. The van der Waals surface area contributed by atoms with E-state index in [9.17, 15) is 9.59 Å². The molecule has 0 N–H and O–H groups in total. The molecule has 0 unspecified atom stereocenters. The van der Waals surface area contributed by atoms with Gasteiger partial charge in [0.15, 0.2) is 0 Å². The monoisotopic (exact) mass is 297 g/mol. The summed E-state index contributed by atoms with van der Waals surface area (Å²) in [6.45, 7) is 14.0. The van der Waals surface area contributed by atoms with Gasteiger partial charge in [-0.2, -0.15) is 4.90 Å². The highest BCUT2D eigenvalue weighted by Gasteiger charge is 2.32. The summed E-state index contributed by atoms with van der Waals surface area (Å²) in [4.78, 5) is 25.5. The second-order valence-electron chi connectivity index (χ2n) is 6.51. The molecule has 0 aromatic rings. The lowest BCUT2D eigenvalue weighted by Gasteiger charge is -2.29. The number of imide groups is 1. The quantitative estimate of drug-likeness (QED) is 0.697. The number of hydrogen-bond acceptors (Lipinski definition) is 4. The highest BCUT2D eigenvalue weighted by molar-refractivity contribution is 5.91. The van der Waals surface area contributed by atoms with E-state index in [1.807, 2.05) is 0 Å². The maximum absolute atomic E-state index is 12.3. The number of ether oxygens (including phenoxy) is 2. The number of carbonyl (C=O) groups excluding carboxylic acids is 2. The van der Waals surface area contributed by atoms with Crippen LogP contribution in [-0.2, 0) is 9.47 Å². The van der Waals surface area contributed by atoms with E-state index in [1.165, 1.54) is 0 Å². The minimum atomic E-state index is -0.761. The van der Waals surface area contributed by atoms with Crippen LogP contribution in [0.25, 0.3) is 0 Å². The number of hydrogen-bond donors (Lipinski definition) is 0. The van der Waals surface area contributed by atoms with Crippen LogP contribution < -0.4 is 0 Å². The van der Waals surface area contributed by atoms with Crippen LogP contribution in [0.15, 0.2) is 23.9 Å². The van der Waals surface area contributed by atoms with Crippen LogP contribution in [0, 0.1) is 0 Å². The van der Waals surface area contributed by atoms with Gasteiger partial charge in [0, 0.05) is 0 Å². The first-order chi connectivity index (χ1) is 9.41. The number of nitrogens with zero attached hydrogens (tertiary/aromatic N) is 1. The molecule has 0 fully saturated rings. The summed E-state index contributed by atoms with van der Waals surface area (Å²) >= 11 is 0. The first kappa shape index (κ1) is 19.2. The minimum Gasteiger partial charge on any atom is -0.443 e. The van der Waals surface area contributed by atoms with E-state index in [2.05, 4.69) is 0 Å². The van der Waals surface area contributed by atoms with Gasteiger partial charge < -0.3 is 9.47 Å². The first-order valence-electron chi connectivity index (χ1n) is 6.96. The van der Waals surface area contributed by atoms with Gasteiger partial charge in [-0.1, -0.05) is 12.2 Å². The van der Waals surface area contributed by atoms with Crippen molar-refractivity contribution in [2.45, 2.75) is 66.6 Å². The minimum absolute atomic E-state index is 0.404. The van der Waals surface area contributed by atoms with Crippen LogP contribution in [0.1, 0.15) is 55.4 Å². The molecule has 0 aliphatic heterocycles.